The van der Waals surface area contributed by atoms with Gasteiger partial charge in [-0.2, -0.15) is 0 Å². The lowest BCUT2D eigenvalue weighted by molar-refractivity contribution is 0.0273. The molecule has 3 unspecified atom stereocenters. The van der Waals surface area contributed by atoms with Crippen molar-refractivity contribution in [2.45, 2.75) is 130 Å². The lowest BCUT2D eigenvalue weighted by Crippen LogP contribution is -2.37. The molecule has 170 valence electrons. The Hall–Kier alpha value is -0.0700. The minimum absolute atomic E-state index is 0.413. The van der Waals surface area contributed by atoms with E-state index in [-0.39, 0.29) is 0 Å². The quantitative estimate of drug-likeness (QED) is 0.438. The van der Waals surface area contributed by atoms with Crippen molar-refractivity contribution in [3.05, 3.63) is 0 Å². The number of hydrogen-bond acceptors (Lipinski definition) is 0. The van der Waals surface area contributed by atoms with E-state index < -0.39 is 6.17 Å². The van der Waals surface area contributed by atoms with E-state index in [1.807, 2.05) is 13.8 Å². The van der Waals surface area contributed by atoms with Crippen LogP contribution in [0.25, 0.3) is 0 Å². The van der Waals surface area contributed by atoms with Crippen LogP contribution in [0.15, 0.2) is 0 Å². The summed E-state index contributed by atoms with van der Waals surface area (Å²) < 4.78 is 15.2. The average Bonchev–Trinajstić information content (AvgIpc) is 2.76. The lowest BCUT2D eigenvalue weighted by Gasteiger charge is -2.44. The maximum atomic E-state index is 15.2. The van der Waals surface area contributed by atoms with E-state index in [1.54, 1.807) is 0 Å². The Morgan fingerprint density at radius 2 is 0.793 bits per heavy atom. The van der Waals surface area contributed by atoms with Crippen LogP contribution in [0.2, 0.25) is 0 Å². The SMILES string of the molecule is CC.CC1CCC(C2CCC(C3CCC(C4CCC(C)CC4)CC3F)CC2)CC1. The third kappa shape index (κ3) is 6.22. The Labute approximate surface area is 182 Å². The van der Waals surface area contributed by atoms with Gasteiger partial charge >= 0.3 is 0 Å². The van der Waals surface area contributed by atoms with Crippen LogP contribution in [-0.4, -0.2) is 6.17 Å². The summed E-state index contributed by atoms with van der Waals surface area (Å²) in [5.74, 6) is 6.56. The van der Waals surface area contributed by atoms with Gasteiger partial charge in [0.1, 0.15) is 6.17 Å². The summed E-state index contributed by atoms with van der Waals surface area (Å²) in [5, 5.41) is 0. The summed E-state index contributed by atoms with van der Waals surface area (Å²) in [7, 11) is 0. The fraction of sp³-hybridized carbons (Fsp3) is 1.00. The smallest absolute Gasteiger partial charge is 0.103 e. The molecule has 4 aliphatic rings. The summed E-state index contributed by atoms with van der Waals surface area (Å²) in [6.07, 6.45) is 19.9. The molecule has 0 aromatic rings. The van der Waals surface area contributed by atoms with Crippen molar-refractivity contribution >= 4 is 0 Å². The second kappa shape index (κ2) is 11.5. The van der Waals surface area contributed by atoms with E-state index >= 15 is 4.39 Å². The highest BCUT2D eigenvalue weighted by molar-refractivity contribution is 4.91. The predicted octanol–water partition coefficient (Wildman–Crippen LogP) is 9.23. The number of halogens is 1. The number of rotatable bonds is 3. The van der Waals surface area contributed by atoms with Crippen molar-refractivity contribution in [2.24, 2.45) is 47.3 Å². The highest BCUT2D eigenvalue weighted by Crippen LogP contribution is 2.48. The summed E-state index contributed by atoms with van der Waals surface area (Å²) in [6, 6.07) is 0. The molecule has 0 aliphatic heterocycles. The zero-order chi connectivity index (χ0) is 20.8. The number of hydrogen-bond donors (Lipinski definition) is 0. The molecule has 0 radical (unpaired) electrons. The Morgan fingerprint density at radius 3 is 1.24 bits per heavy atom. The van der Waals surface area contributed by atoms with Crippen LogP contribution in [0.4, 0.5) is 4.39 Å². The Kier molecular flexibility index (Phi) is 9.37. The van der Waals surface area contributed by atoms with E-state index in [0.29, 0.717) is 17.8 Å². The number of alkyl halides is 1. The molecule has 0 bridgehead atoms. The molecule has 3 atom stereocenters. The molecule has 4 rings (SSSR count). The van der Waals surface area contributed by atoms with Gasteiger partial charge in [0.2, 0.25) is 0 Å². The molecule has 0 saturated heterocycles. The molecule has 29 heavy (non-hydrogen) atoms. The van der Waals surface area contributed by atoms with Crippen molar-refractivity contribution in [1.29, 1.82) is 0 Å². The molecule has 0 heterocycles. The fourth-order valence-electron chi connectivity index (χ4n) is 7.69. The van der Waals surface area contributed by atoms with Crippen LogP contribution < -0.4 is 0 Å². The predicted molar refractivity (Wildman–Crippen MR) is 125 cm³/mol. The van der Waals surface area contributed by atoms with Crippen molar-refractivity contribution in [2.75, 3.05) is 0 Å². The molecule has 1 heteroatoms. The van der Waals surface area contributed by atoms with Gasteiger partial charge in [0.15, 0.2) is 0 Å². The average molecular weight is 407 g/mol. The highest BCUT2D eigenvalue weighted by atomic mass is 19.1. The van der Waals surface area contributed by atoms with Crippen molar-refractivity contribution in [1.82, 2.24) is 0 Å². The first-order chi connectivity index (χ1) is 14.1. The maximum Gasteiger partial charge on any atom is 0.103 e. The molecule has 0 nitrogen and oxygen atoms in total. The minimum atomic E-state index is -0.486. The van der Waals surface area contributed by atoms with Crippen LogP contribution in [0.1, 0.15) is 124 Å². The summed E-state index contributed by atoms with van der Waals surface area (Å²) >= 11 is 0. The normalized spacial score (nSPS) is 46.4. The van der Waals surface area contributed by atoms with E-state index in [4.69, 9.17) is 0 Å². The summed E-state index contributed by atoms with van der Waals surface area (Å²) in [4.78, 5) is 0. The first-order valence-electron chi connectivity index (χ1n) is 13.7. The van der Waals surface area contributed by atoms with Crippen LogP contribution >= 0.6 is 0 Å². The minimum Gasteiger partial charge on any atom is -0.247 e. The molecule has 0 aromatic carbocycles. The Morgan fingerprint density at radius 1 is 0.448 bits per heavy atom. The first kappa shape index (κ1) is 23.6. The first-order valence-corrected chi connectivity index (χ1v) is 13.7. The van der Waals surface area contributed by atoms with Gasteiger partial charge in [0.05, 0.1) is 0 Å². The van der Waals surface area contributed by atoms with E-state index in [1.165, 1.54) is 89.9 Å². The van der Waals surface area contributed by atoms with Crippen LogP contribution in [-0.2, 0) is 0 Å². The second-order valence-electron chi connectivity index (χ2n) is 11.5. The molecule has 0 aromatic heterocycles. The topological polar surface area (TPSA) is 0 Å². The largest absolute Gasteiger partial charge is 0.247 e. The van der Waals surface area contributed by atoms with E-state index in [0.717, 1.165) is 36.0 Å². The highest BCUT2D eigenvalue weighted by Gasteiger charge is 2.40. The van der Waals surface area contributed by atoms with Gasteiger partial charge in [0, 0.05) is 0 Å². The van der Waals surface area contributed by atoms with Crippen molar-refractivity contribution in [3.63, 3.8) is 0 Å². The van der Waals surface area contributed by atoms with Crippen LogP contribution in [0.5, 0.6) is 0 Å². The Balaban J connectivity index is 0.00000117. The summed E-state index contributed by atoms with van der Waals surface area (Å²) in [5.41, 5.74) is 0. The molecule has 4 saturated carbocycles. The van der Waals surface area contributed by atoms with Gasteiger partial charge in [-0.15, -0.1) is 0 Å². The molecule has 4 aliphatic carbocycles. The van der Waals surface area contributed by atoms with Crippen molar-refractivity contribution in [3.8, 4) is 0 Å². The standard InChI is InChI=1S/C26H45F.C2H6/c1-18-3-7-20(8-4-18)21-11-13-23(14-12-21)25-16-15-24(17-26(25)27)22-9-5-19(2)6-10-22;1-2/h18-26H,3-17H2,1-2H3;1-2H3. The van der Waals surface area contributed by atoms with Crippen LogP contribution in [0.3, 0.4) is 0 Å². The Bertz CT molecular complexity index is 435. The molecule has 0 N–H and O–H groups in total. The zero-order valence-electron chi connectivity index (χ0n) is 20.2. The third-order valence-corrected chi connectivity index (χ3v) is 9.74. The maximum absolute atomic E-state index is 15.2. The molecule has 0 spiro atoms. The van der Waals surface area contributed by atoms with Gasteiger partial charge in [-0.25, -0.2) is 4.39 Å². The fourth-order valence-corrected chi connectivity index (χ4v) is 7.69. The molecular formula is C28H51F. The van der Waals surface area contributed by atoms with Gasteiger partial charge in [-0.3, -0.25) is 0 Å². The van der Waals surface area contributed by atoms with Gasteiger partial charge in [0.25, 0.3) is 0 Å². The molecule has 0 amide bonds. The van der Waals surface area contributed by atoms with Crippen LogP contribution in [0, 0.1) is 47.3 Å². The lowest BCUT2D eigenvalue weighted by atomic mass is 9.62. The second-order valence-corrected chi connectivity index (χ2v) is 11.5. The van der Waals surface area contributed by atoms with Gasteiger partial charge < -0.3 is 0 Å². The van der Waals surface area contributed by atoms with E-state index in [9.17, 15) is 0 Å². The zero-order valence-corrected chi connectivity index (χ0v) is 20.2. The van der Waals surface area contributed by atoms with Crippen molar-refractivity contribution < 1.29 is 4.39 Å². The summed E-state index contributed by atoms with van der Waals surface area (Å²) in [6.45, 7) is 8.83. The molecule has 4 fully saturated rings. The molecular weight excluding hydrogens is 355 g/mol. The third-order valence-electron chi connectivity index (χ3n) is 9.74. The monoisotopic (exact) mass is 406 g/mol. The van der Waals surface area contributed by atoms with Gasteiger partial charge in [-0.1, -0.05) is 53.4 Å². The van der Waals surface area contributed by atoms with E-state index in [2.05, 4.69) is 13.8 Å². The van der Waals surface area contributed by atoms with Gasteiger partial charge in [-0.05, 0) is 118 Å².